The molecule has 1 saturated carbocycles. The summed E-state index contributed by atoms with van der Waals surface area (Å²) in [7, 11) is 1.56. The van der Waals surface area contributed by atoms with E-state index in [2.05, 4.69) is 10.3 Å². The number of carbonyl (C=O) groups is 2. The molecule has 1 aliphatic carbocycles. The van der Waals surface area contributed by atoms with Crippen LogP contribution in [0.25, 0.3) is 0 Å². The van der Waals surface area contributed by atoms with Crippen LogP contribution in [0, 0.1) is 11.8 Å². The van der Waals surface area contributed by atoms with E-state index in [4.69, 9.17) is 0 Å². The number of fused-ring (bicyclic) bond motifs is 1. The minimum Gasteiger partial charge on any atom is -0.393 e. The Morgan fingerprint density at radius 2 is 1.82 bits per heavy atom. The molecule has 2 aliphatic rings. The number of rotatable bonds is 6. The number of para-hydroxylation sites is 1. The molecule has 1 fully saturated rings. The van der Waals surface area contributed by atoms with Gasteiger partial charge in [-0.25, -0.2) is 4.99 Å². The van der Waals surface area contributed by atoms with Gasteiger partial charge in [0.1, 0.15) is 0 Å². The monoisotopic (exact) mass is 473 g/mol. The molecule has 3 atom stereocenters. The topological polar surface area (TPSA) is 82.0 Å². The quantitative estimate of drug-likeness (QED) is 0.671. The van der Waals surface area contributed by atoms with E-state index in [1.54, 1.807) is 38.2 Å². The smallest absolute Gasteiger partial charge is 0.393 e. The van der Waals surface area contributed by atoms with Crippen LogP contribution in [0.4, 0.5) is 18.9 Å². The summed E-state index contributed by atoms with van der Waals surface area (Å²) in [5.41, 5.74) is 0.959. The molecule has 0 aromatic heterocycles. The second-order valence-corrected chi connectivity index (χ2v) is 8.90. The average molecular weight is 473 g/mol. The van der Waals surface area contributed by atoms with Crippen molar-refractivity contribution in [2.24, 2.45) is 16.8 Å². The van der Waals surface area contributed by atoms with E-state index in [0.29, 0.717) is 34.9 Å². The van der Waals surface area contributed by atoms with E-state index in [1.165, 1.54) is 17.0 Å². The van der Waals surface area contributed by atoms with E-state index in [9.17, 15) is 27.9 Å². The van der Waals surface area contributed by atoms with E-state index >= 15 is 0 Å². The van der Waals surface area contributed by atoms with E-state index in [-0.39, 0.29) is 0 Å². The van der Waals surface area contributed by atoms with Crippen molar-refractivity contribution in [2.45, 2.75) is 44.6 Å². The zero-order valence-electron chi connectivity index (χ0n) is 18.8. The standard InChI is InChI=1S/C25H26F3N3O3/c1-14(32)19(13-15-7-8-15)23(33)30-22-24(34)31(2)20-6-4-3-5-18(20)21(29-22)16-9-11-17(12-10-16)25(26,27)28/h3-6,9-12,14-15,19,22,32H,7-8,13H2,1-2H3,(H,30,33). The molecule has 2 N–H and O–H groups in total. The number of nitrogens with one attached hydrogen (secondary N) is 1. The molecule has 4 rings (SSSR count). The number of benzodiazepines with no additional fused rings is 1. The first-order valence-electron chi connectivity index (χ1n) is 11.2. The Morgan fingerprint density at radius 1 is 1.18 bits per heavy atom. The molecule has 2 aromatic carbocycles. The Labute approximate surface area is 195 Å². The zero-order valence-corrected chi connectivity index (χ0v) is 18.8. The summed E-state index contributed by atoms with van der Waals surface area (Å²) in [6.07, 6.45) is -4.13. The van der Waals surface area contributed by atoms with Crippen LogP contribution in [0.3, 0.4) is 0 Å². The maximum absolute atomic E-state index is 13.2. The number of amides is 2. The number of aliphatic hydroxyl groups excluding tert-OH is 1. The molecule has 2 amide bonds. The predicted octanol–water partition coefficient (Wildman–Crippen LogP) is 3.76. The number of hydrogen-bond acceptors (Lipinski definition) is 4. The Hall–Kier alpha value is -3.20. The third-order valence-electron chi connectivity index (χ3n) is 6.31. The Kier molecular flexibility index (Phi) is 6.49. The van der Waals surface area contributed by atoms with Gasteiger partial charge in [0.25, 0.3) is 5.91 Å². The number of anilines is 1. The molecule has 0 bridgehead atoms. The van der Waals surface area contributed by atoms with Crippen molar-refractivity contribution in [3.8, 4) is 0 Å². The first-order valence-corrected chi connectivity index (χ1v) is 11.2. The van der Waals surface area contributed by atoms with Gasteiger partial charge < -0.3 is 15.3 Å². The Morgan fingerprint density at radius 3 is 2.41 bits per heavy atom. The number of likely N-dealkylation sites (N-methyl/N-ethyl adjacent to an activating group) is 1. The molecule has 0 saturated heterocycles. The molecule has 0 radical (unpaired) electrons. The Balaban J connectivity index is 1.72. The van der Waals surface area contributed by atoms with Gasteiger partial charge in [-0.05, 0) is 37.5 Å². The summed E-state index contributed by atoms with van der Waals surface area (Å²) in [5.74, 6) is -1.26. The van der Waals surface area contributed by atoms with Crippen molar-refractivity contribution >= 4 is 23.2 Å². The molecule has 1 heterocycles. The van der Waals surface area contributed by atoms with Gasteiger partial charge in [-0.2, -0.15) is 13.2 Å². The summed E-state index contributed by atoms with van der Waals surface area (Å²) < 4.78 is 39.2. The second kappa shape index (κ2) is 9.21. The van der Waals surface area contributed by atoms with Crippen LogP contribution in [0.1, 0.15) is 42.9 Å². The van der Waals surface area contributed by atoms with E-state index < -0.39 is 41.7 Å². The summed E-state index contributed by atoms with van der Waals surface area (Å²) in [6.45, 7) is 1.54. The fraction of sp³-hybridized carbons (Fsp3) is 0.400. The first kappa shape index (κ1) is 23.9. The lowest BCUT2D eigenvalue weighted by Gasteiger charge is -2.24. The minimum atomic E-state index is -4.48. The van der Waals surface area contributed by atoms with Crippen LogP contribution < -0.4 is 10.2 Å². The van der Waals surface area contributed by atoms with Gasteiger partial charge in [0.15, 0.2) is 0 Å². The predicted molar refractivity (Wildman–Crippen MR) is 121 cm³/mol. The molecule has 34 heavy (non-hydrogen) atoms. The molecule has 1 aliphatic heterocycles. The second-order valence-electron chi connectivity index (χ2n) is 8.90. The lowest BCUT2D eigenvalue weighted by molar-refractivity contribution is -0.137. The van der Waals surface area contributed by atoms with Gasteiger partial charge in [0.2, 0.25) is 12.1 Å². The lowest BCUT2D eigenvalue weighted by Crippen LogP contribution is -2.49. The maximum Gasteiger partial charge on any atom is 0.416 e. The van der Waals surface area contributed by atoms with Crippen LogP contribution >= 0.6 is 0 Å². The number of aliphatic imine (C=N–C) groups is 1. The average Bonchev–Trinajstić information content (AvgIpc) is 3.63. The molecular formula is C25H26F3N3O3. The lowest BCUT2D eigenvalue weighted by atomic mass is 9.95. The van der Waals surface area contributed by atoms with Crippen LogP contribution in [0.2, 0.25) is 0 Å². The number of carbonyl (C=O) groups excluding carboxylic acids is 2. The summed E-state index contributed by atoms with van der Waals surface area (Å²) >= 11 is 0. The van der Waals surface area contributed by atoms with E-state index in [0.717, 1.165) is 25.0 Å². The van der Waals surface area contributed by atoms with Crippen molar-refractivity contribution in [3.63, 3.8) is 0 Å². The molecule has 0 spiro atoms. The summed E-state index contributed by atoms with van der Waals surface area (Å²) in [6, 6.07) is 11.5. The van der Waals surface area contributed by atoms with Gasteiger partial charge in [-0.1, -0.05) is 43.2 Å². The highest BCUT2D eigenvalue weighted by Gasteiger charge is 2.36. The van der Waals surface area contributed by atoms with Gasteiger partial charge in [0, 0.05) is 18.2 Å². The molecule has 3 unspecified atom stereocenters. The van der Waals surface area contributed by atoms with Crippen LogP contribution in [-0.2, 0) is 15.8 Å². The third kappa shape index (κ3) is 4.99. The number of hydrogen-bond donors (Lipinski definition) is 2. The van der Waals surface area contributed by atoms with Gasteiger partial charge in [0.05, 0.1) is 29.0 Å². The van der Waals surface area contributed by atoms with Crippen LogP contribution in [0.5, 0.6) is 0 Å². The van der Waals surface area contributed by atoms with Gasteiger partial charge in [-0.15, -0.1) is 0 Å². The highest BCUT2D eigenvalue weighted by molar-refractivity contribution is 6.20. The summed E-state index contributed by atoms with van der Waals surface area (Å²) in [5, 5.41) is 12.8. The number of alkyl halides is 3. The zero-order chi connectivity index (χ0) is 24.6. The molecular weight excluding hydrogens is 447 g/mol. The fourth-order valence-corrected chi connectivity index (χ4v) is 4.14. The highest BCUT2D eigenvalue weighted by Crippen LogP contribution is 2.36. The number of benzene rings is 2. The largest absolute Gasteiger partial charge is 0.416 e. The van der Waals surface area contributed by atoms with Crippen molar-refractivity contribution in [3.05, 3.63) is 65.2 Å². The SMILES string of the molecule is CC(O)C(CC1CC1)C(=O)NC1N=C(c2ccc(C(F)(F)F)cc2)c2ccccc2N(C)C1=O. The van der Waals surface area contributed by atoms with Crippen LogP contribution in [-0.4, -0.2) is 41.9 Å². The molecule has 180 valence electrons. The third-order valence-corrected chi connectivity index (χ3v) is 6.31. The van der Waals surface area contributed by atoms with Gasteiger partial charge >= 0.3 is 6.18 Å². The number of nitrogens with zero attached hydrogens (tertiary/aromatic N) is 2. The molecule has 9 heteroatoms. The van der Waals surface area contributed by atoms with Crippen molar-refractivity contribution in [1.82, 2.24) is 5.32 Å². The highest BCUT2D eigenvalue weighted by atomic mass is 19.4. The van der Waals surface area contributed by atoms with Crippen LogP contribution in [0.15, 0.2) is 53.5 Å². The van der Waals surface area contributed by atoms with E-state index in [1.807, 2.05) is 0 Å². The van der Waals surface area contributed by atoms with Crippen molar-refractivity contribution in [2.75, 3.05) is 11.9 Å². The number of aliphatic hydroxyl groups is 1. The van der Waals surface area contributed by atoms with Crippen molar-refractivity contribution in [1.29, 1.82) is 0 Å². The minimum absolute atomic E-state index is 0.295. The molecule has 2 aromatic rings. The van der Waals surface area contributed by atoms with Crippen molar-refractivity contribution < 1.29 is 27.9 Å². The summed E-state index contributed by atoms with van der Waals surface area (Å²) in [4.78, 5) is 32.1. The maximum atomic E-state index is 13.2. The molecule has 6 nitrogen and oxygen atoms in total. The fourth-order valence-electron chi connectivity index (χ4n) is 4.14. The number of halogens is 3. The first-order chi connectivity index (χ1) is 16.1. The Bertz CT molecular complexity index is 1110. The van der Waals surface area contributed by atoms with Gasteiger partial charge in [-0.3, -0.25) is 9.59 Å². The normalized spacial score (nSPS) is 20.2.